The smallest absolute Gasteiger partial charge is 0.309 e. The Morgan fingerprint density at radius 1 is 0.853 bits per heavy atom. The van der Waals surface area contributed by atoms with Gasteiger partial charge in [-0.3, -0.25) is 25.0 Å². The minimum atomic E-state index is -0.933. The molecule has 0 spiro atoms. The van der Waals surface area contributed by atoms with Crippen molar-refractivity contribution in [3.63, 3.8) is 0 Å². The third kappa shape index (κ3) is 5.18. The molecule has 0 aliphatic rings. The third-order valence-corrected chi connectivity index (χ3v) is 5.38. The van der Waals surface area contributed by atoms with Gasteiger partial charge in [-0.15, -0.1) is 0 Å². The molecule has 3 aromatic carbocycles. The number of nitro benzene ring substituents is 2. The maximum absolute atomic E-state index is 11.2. The summed E-state index contributed by atoms with van der Waals surface area (Å²) in [5.41, 5.74) is 3.75. The van der Waals surface area contributed by atoms with Crippen molar-refractivity contribution >= 4 is 33.9 Å². The van der Waals surface area contributed by atoms with Gasteiger partial charge in [0.05, 0.1) is 16.3 Å². The number of carboxylic acid groups (broad SMARTS) is 1. The summed E-state index contributed by atoms with van der Waals surface area (Å²) in [7, 11) is 0. The quantitative estimate of drug-likeness (QED) is 0.269. The standard InChI is InChI=1S/C24H20N4O6/c29-24(30)13-19-11-18-12-21(8-9-23(18)25-19)26(14-16-4-6-20(7-5-16)27(31)32)15-17-2-1-3-22(10-17)28(33)34/h1-12,25H,13-15H2,(H,29,30). The number of H-pyrrole nitrogens is 1. The molecule has 0 fully saturated rings. The van der Waals surface area contributed by atoms with E-state index in [0.717, 1.165) is 27.7 Å². The summed E-state index contributed by atoms with van der Waals surface area (Å²) >= 11 is 0. The van der Waals surface area contributed by atoms with Crippen molar-refractivity contribution in [2.24, 2.45) is 0 Å². The largest absolute Gasteiger partial charge is 0.481 e. The number of non-ortho nitro benzene ring substituents is 2. The van der Waals surface area contributed by atoms with E-state index in [1.54, 1.807) is 30.3 Å². The van der Waals surface area contributed by atoms with Crippen LogP contribution < -0.4 is 4.90 Å². The van der Waals surface area contributed by atoms with Crippen LogP contribution in [-0.2, 0) is 24.3 Å². The van der Waals surface area contributed by atoms with Crippen LogP contribution in [-0.4, -0.2) is 25.9 Å². The number of aromatic nitrogens is 1. The third-order valence-electron chi connectivity index (χ3n) is 5.38. The van der Waals surface area contributed by atoms with Gasteiger partial charge in [-0.05, 0) is 35.4 Å². The Labute approximate surface area is 193 Å². The lowest BCUT2D eigenvalue weighted by Gasteiger charge is -2.25. The molecule has 0 saturated carbocycles. The molecule has 0 amide bonds. The summed E-state index contributed by atoms with van der Waals surface area (Å²) in [5.74, 6) is -0.933. The number of aliphatic carboxylic acids is 1. The molecule has 0 radical (unpaired) electrons. The SMILES string of the molecule is O=C(O)Cc1cc2cc(N(Cc3ccc([N+](=O)[O-])cc3)Cc3cccc([N+](=O)[O-])c3)ccc2[nH]1. The molecule has 0 bridgehead atoms. The zero-order chi connectivity index (χ0) is 24.2. The normalized spacial score (nSPS) is 10.8. The molecular formula is C24H20N4O6. The molecule has 2 N–H and O–H groups in total. The Kier molecular flexibility index (Phi) is 6.22. The van der Waals surface area contributed by atoms with E-state index in [1.807, 2.05) is 23.1 Å². The van der Waals surface area contributed by atoms with Crippen molar-refractivity contribution < 1.29 is 19.7 Å². The number of anilines is 1. The molecule has 1 aromatic heterocycles. The van der Waals surface area contributed by atoms with Gasteiger partial charge in [0.2, 0.25) is 0 Å². The average Bonchev–Trinajstić information content (AvgIpc) is 3.20. The van der Waals surface area contributed by atoms with Crippen LogP contribution in [0, 0.1) is 20.2 Å². The molecule has 10 heteroatoms. The van der Waals surface area contributed by atoms with Gasteiger partial charge in [-0.1, -0.05) is 24.3 Å². The number of hydrogen-bond acceptors (Lipinski definition) is 6. The van der Waals surface area contributed by atoms with Crippen LogP contribution in [0.4, 0.5) is 17.1 Å². The molecule has 0 atom stereocenters. The van der Waals surface area contributed by atoms with E-state index in [2.05, 4.69) is 4.98 Å². The number of hydrogen-bond donors (Lipinski definition) is 2. The van der Waals surface area contributed by atoms with Crippen LogP contribution in [0.25, 0.3) is 10.9 Å². The van der Waals surface area contributed by atoms with Crippen LogP contribution in [0.5, 0.6) is 0 Å². The zero-order valence-corrected chi connectivity index (χ0v) is 17.9. The first-order chi connectivity index (χ1) is 16.3. The minimum absolute atomic E-state index is 0.00585. The van der Waals surface area contributed by atoms with Crippen molar-refractivity contribution in [3.05, 3.63) is 110 Å². The molecule has 1 heterocycles. The number of fused-ring (bicyclic) bond motifs is 1. The van der Waals surface area contributed by atoms with Gasteiger partial charge >= 0.3 is 5.97 Å². The van der Waals surface area contributed by atoms with Gasteiger partial charge in [0, 0.05) is 59.6 Å². The topological polar surface area (TPSA) is 143 Å². The van der Waals surface area contributed by atoms with Gasteiger partial charge < -0.3 is 15.0 Å². The van der Waals surface area contributed by atoms with E-state index in [9.17, 15) is 25.0 Å². The number of rotatable bonds is 9. The Morgan fingerprint density at radius 3 is 2.24 bits per heavy atom. The first kappa shape index (κ1) is 22.5. The predicted molar refractivity (Wildman–Crippen MR) is 126 cm³/mol. The summed E-state index contributed by atoms with van der Waals surface area (Å²) in [6, 6.07) is 20.0. The number of nitro groups is 2. The second-order valence-corrected chi connectivity index (χ2v) is 7.84. The van der Waals surface area contributed by atoms with E-state index in [1.165, 1.54) is 24.3 Å². The Bertz CT molecular complexity index is 1380. The van der Waals surface area contributed by atoms with Gasteiger partial charge in [-0.25, -0.2) is 0 Å². The molecule has 4 aromatic rings. The first-order valence-electron chi connectivity index (χ1n) is 10.3. The van der Waals surface area contributed by atoms with Crippen LogP contribution >= 0.6 is 0 Å². The summed E-state index contributed by atoms with van der Waals surface area (Å²) in [5, 5.41) is 32.1. The lowest BCUT2D eigenvalue weighted by Crippen LogP contribution is -2.22. The Morgan fingerprint density at radius 2 is 1.56 bits per heavy atom. The summed E-state index contributed by atoms with van der Waals surface area (Å²) in [4.78, 5) is 37.4. The van der Waals surface area contributed by atoms with E-state index >= 15 is 0 Å². The zero-order valence-electron chi connectivity index (χ0n) is 17.9. The van der Waals surface area contributed by atoms with Crippen molar-refractivity contribution in [3.8, 4) is 0 Å². The second kappa shape index (κ2) is 9.41. The fourth-order valence-corrected chi connectivity index (χ4v) is 3.81. The fourth-order valence-electron chi connectivity index (χ4n) is 3.81. The van der Waals surface area contributed by atoms with Crippen molar-refractivity contribution in [1.82, 2.24) is 4.98 Å². The maximum atomic E-state index is 11.2. The summed E-state index contributed by atoms with van der Waals surface area (Å²) in [6.45, 7) is 0.759. The van der Waals surface area contributed by atoms with E-state index in [4.69, 9.17) is 5.11 Å². The monoisotopic (exact) mass is 460 g/mol. The molecule has 172 valence electrons. The van der Waals surface area contributed by atoms with Gasteiger partial charge in [0.1, 0.15) is 0 Å². The first-order valence-corrected chi connectivity index (χ1v) is 10.3. The number of aromatic amines is 1. The lowest BCUT2D eigenvalue weighted by molar-refractivity contribution is -0.385. The lowest BCUT2D eigenvalue weighted by atomic mass is 10.1. The number of nitrogens with zero attached hydrogens (tertiary/aromatic N) is 3. The molecule has 0 aliphatic carbocycles. The number of nitrogens with one attached hydrogen (secondary N) is 1. The van der Waals surface area contributed by atoms with Crippen molar-refractivity contribution in [2.75, 3.05) is 4.90 Å². The highest BCUT2D eigenvalue weighted by molar-refractivity contribution is 5.85. The highest BCUT2D eigenvalue weighted by Gasteiger charge is 2.14. The van der Waals surface area contributed by atoms with E-state index in [0.29, 0.717) is 18.8 Å². The fraction of sp³-hybridized carbons (Fsp3) is 0.125. The predicted octanol–water partition coefficient (Wildman–Crippen LogP) is 4.82. The Hall–Kier alpha value is -4.73. The molecular weight excluding hydrogens is 440 g/mol. The highest BCUT2D eigenvalue weighted by Crippen LogP contribution is 2.27. The van der Waals surface area contributed by atoms with Crippen LogP contribution in [0.2, 0.25) is 0 Å². The minimum Gasteiger partial charge on any atom is -0.481 e. The van der Waals surface area contributed by atoms with Crippen LogP contribution in [0.1, 0.15) is 16.8 Å². The van der Waals surface area contributed by atoms with Crippen molar-refractivity contribution in [2.45, 2.75) is 19.5 Å². The highest BCUT2D eigenvalue weighted by atomic mass is 16.6. The molecule has 0 unspecified atom stereocenters. The summed E-state index contributed by atoms with van der Waals surface area (Å²) in [6.07, 6.45) is -0.121. The van der Waals surface area contributed by atoms with Crippen LogP contribution in [0.15, 0.2) is 72.8 Å². The molecule has 0 saturated heterocycles. The number of carboxylic acids is 1. The second-order valence-electron chi connectivity index (χ2n) is 7.84. The van der Waals surface area contributed by atoms with Crippen molar-refractivity contribution in [1.29, 1.82) is 0 Å². The number of carbonyl (C=O) groups is 1. The van der Waals surface area contributed by atoms with Gasteiger partial charge in [0.25, 0.3) is 11.4 Å². The molecule has 34 heavy (non-hydrogen) atoms. The van der Waals surface area contributed by atoms with Gasteiger partial charge in [0.15, 0.2) is 0 Å². The molecule has 4 rings (SSSR count). The molecule has 10 nitrogen and oxygen atoms in total. The molecule has 0 aliphatic heterocycles. The summed E-state index contributed by atoms with van der Waals surface area (Å²) < 4.78 is 0. The van der Waals surface area contributed by atoms with E-state index in [-0.39, 0.29) is 17.8 Å². The van der Waals surface area contributed by atoms with Gasteiger partial charge in [-0.2, -0.15) is 0 Å². The average molecular weight is 460 g/mol. The van der Waals surface area contributed by atoms with E-state index < -0.39 is 15.8 Å². The Balaban J connectivity index is 1.68. The van der Waals surface area contributed by atoms with Crippen LogP contribution in [0.3, 0.4) is 0 Å². The number of benzene rings is 3. The maximum Gasteiger partial charge on any atom is 0.309 e.